The second-order valence-electron chi connectivity index (χ2n) is 9.65. The topological polar surface area (TPSA) is 71.1 Å². The number of anilines is 2. The standard InChI is InChI=1S/C29H41NO5S2/c1-6-8-15-29(16-9-7-2)20-30(22-13-11-10-12-14-22)23-17-26(36-5)24(18-27(23)37(32)21-29)35-19-25(33-3)28(31)34-4/h10-14,17-18,25H,6-9,15-16,19-21H2,1-5H3. The summed E-state index contributed by atoms with van der Waals surface area (Å²) in [4.78, 5) is 16.1. The summed E-state index contributed by atoms with van der Waals surface area (Å²) in [6.45, 7) is 5.29. The van der Waals surface area contributed by atoms with E-state index >= 15 is 0 Å². The van der Waals surface area contributed by atoms with Crippen LogP contribution in [0.15, 0.2) is 52.3 Å². The molecule has 0 aromatic heterocycles. The van der Waals surface area contributed by atoms with Crippen molar-refractivity contribution in [3.63, 3.8) is 0 Å². The number of unbranched alkanes of at least 4 members (excludes halogenated alkanes) is 2. The van der Waals surface area contributed by atoms with Crippen LogP contribution in [0.3, 0.4) is 0 Å². The van der Waals surface area contributed by atoms with Crippen LogP contribution in [0.5, 0.6) is 5.75 Å². The monoisotopic (exact) mass is 547 g/mol. The van der Waals surface area contributed by atoms with E-state index in [4.69, 9.17) is 14.2 Å². The Morgan fingerprint density at radius 2 is 1.81 bits per heavy atom. The minimum Gasteiger partial charge on any atom is -0.611 e. The van der Waals surface area contributed by atoms with Gasteiger partial charge in [0, 0.05) is 30.8 Å². The lowest BCUT2D eigenvalue weighted by Gasteiger charge is -2.36. The summed E-state index contributed by atoms with van der Waals surface area (Å²) in [6, 6.07) is 14.4. The van der Waals surface area contributed by atoms with Crippen molar-refractivity contribution in [2.24, 2.45) is 5.41 Å². The van der Waals surface area contributed by atoms with E-state index in [1.807, 2.05) is 18.4 Å². The molecule has 2 atom stereocenters. The first kappa shape index (κ1) is 29.7. The van der Waals surface area contributed by atoms with Crippen LogP contribution in [-0.4, -0.2) is 56.0 Å². The van der Waals surface area contributed by atoms with Gasteiger partial charge in [-0.1, -0.05) is 57.7 Å². The third-order valence-electron chi connectivity index (χ3n) is 7.04. The van der Waals surface area contributed by atoms with Crippen molar-refractivity contribution in [1.29, 1.82) is 0 Å². The lowest BCUT2D eigenvalue weighted by Crippen LogP contribution is -2.38. The van der Waals surface area contributed by atoms with Crippen LogP contribution in [0.1, 0.15) is 52.4 Å². The number of methoxy groups -OCH3 is 2. The molecular weight excluding hydrogens is 506 g/mol. The third kappa shape index (κ3) is 7.37. The predicted molar refractivity (Wildman–Crippen MR) is 153 cm³/mol. The molecule has 0 saturated heterocycles. The molecule has 6 nitrogen and oxygen atoms in total. The molecule has 1 aliphatic rings. The number of hydrogen-bond donors (Lipinski definition) is 0. The van der Waals surface area contributed by atoms with E-state index in [-0.39, 0.29) is 12.0 Å². The van der Waals surface area contributed by atoms with Crippen molar-refractivity contribution < 1.29 is 23.6 Å². The number of fused-ring (bicyclic) bond motifs is 1. The number of ether oxygens (including phenoxy) is 3. The van der Waals surface area contributed by atoms with Crippen LogP contribution < -0.4 is 9.64 Å². The lowest BCUT2D eigenvalue weighted by atomic mass is 9.79. The van der Waals surface area contributed by atoms with Crippen molar-refractivity contribution in [1.82, 2.24) is 0 Å². The van der Waals surface area contributed by atoms with E-state index in [9.17, 15) is 9.35 Å². The van der Waals surface area contributed by atoms with Crippen LogP contribution in [0.2, 0.25) is 0 Å². The Morgan fingerprint density at radius 1 is 1.14 bits per heavy atom. The lowest BCUT2D eigenvalue weighted by molar-refractivity contribution is -0.154. The van der Waals surface area contributed by atoms with Gasteiger partial charge in [-0.3, -0.25) is 0 Å². The third-order valence-corrected chi connectivity index (χ3v) is 9.49. The molecule has 2 aromatic carbocycles. The summed E-state index contributed by atoms with van der Waals surface area (Å²) in [5.41, 5.74) is 2.02. The Morgan fingerprint density at radius 3 is 2.38 bits per heavy atom. The van der Waals surface area contributed by atoms with Gasteiger partial charge < -0.3 is 23.7 Å². The smallest absolute Gasteiger partial charge is 0.338 e. The zero-order valence-electron chi connectivity index (χ0n) is 22.8. The Labute approximate surface area is 229 Å². The number of esters is 1. The Kier molecular flexibility index (Phi) is 11.5. The Hall–Kier alpha value is -1.87. The van der Waals surface area contributed by atoms with E-state index in [2.05, 4.69) is 49.1 Å². The van der Waals surface area contributed by atoms with Gasteiger partial charge in [-0.15, -0.1) is 11.8 Å². The number of nitrogens with zero attached hydrogens (tertiary/aromatic N) is 1. The fraction of sp³-hybridized carbons (Fsp3) is 0.552. The van der Waals surface area contributed by atoms with Gasteiger partial charge in [0.15, 0.2) is 11.0 Å². The van der Waals surface area contributed by atoms with Crippen molar-refractivity contribution in [2.45, 2.75) is 68.3 Å². The summed E-state index contributed by atoms with van der Waals surface area (Å²) >= 11 is 0.363. The SMILES string of the molecule is CCCCC1(CCCC)CN(c2ccccc2)c2cc(SC)c(OCC(OC)C(=O)OC)cc2[S+]([O-])C1. The molecule has 2 aromatic rings. The maximum absolute atomic E-state index is 14.0. The van der Waals surface area contributed by atoms with Gasteiger partial charge in [-0.05, 0) is 48.5 Å². The van der Waals surface area contributed by atoms with Crippen molar-refractivity contribution in [2.75, 3.05) is 44.3 Å². The molecule has 2 unspecified atom stereocenters. The summed E-state index contributed by atoms with van der Waals surface area (Å²) in [5, 5.41) is 0. The highest BCUT2D eigenvalue weighted by Gasteiger charge is 2.42. The molecular formula is C29H41NO5S2. The summed E-state index contributed by atoms with van der Waals surface area (Å²) < 4.78 is 30.2. The van der Waals surface area contributed by atoms with Crippen molar-refractivity contribution >= 4 is 40.3 Å². The minimum absolute atomic E-state index is 0.0154. The molecule has 0 N–H and O–H groups in total. The number of benzene rings is 2. The van der Waals surface area contributed by atoms with Crippen LogP contribution in [0.4, 0.5) is 11.4 Å². The molecule has 0 fully saturated rings. The van der Waals surface area contributed by atoms with Gasteiger partial charge >= 0.3 is 5.97 Å². The fourth-order valence-electron chi connectivity index (χ4n) is 4.92. The number of rotatable bonds is 13. The van der Waals surface area contributed by atoms with E-state index in [0.717, 1.165) is 66.2 Å². The first-order valence-corrected chi connectivity index (χ1v) is 15.6. The Bertz CT molecular complexity index is 995. The zero-order valence-corrected chi connectivity index (χ0v) is 24.4. The van der Waals surface area contributed by atoms with Gasteiger partial charge in [-0.2, -0.15) is 0 Å². The van der Waals surface area contributed by atoms with Crippen molar-refractivity contribution in [3.8, 4) is 5.75 Å². The van der Waals surface area contributed by atoms with Gasteiger partial charge in [0.25, 0.3) is 0 Å². The van der Waals surface area contributed by atoms with Crippen molar-refractivity contribution in [3.05, 3.63) is 42.5 Å². The highest BCUT2D eigenvalue weighted by Crippen LogP contribution is 2.47. The van der Waals surface area contributed by atoms with Crippen LogP contribution >= 0.6 is 11.8 Å². The molecule has 8 heteroatoms. The normalized spacial score (nSPS) is 17.6. The number of para-hydroxylation sites is 1. The first-order valence-electron chi connectivity index (χ1n) is 13.1. The van der Waals surface area contributed by atoms with E-state index in [0.29, 0.717) is 11.5 Å². The summed E-state index contributed by atoms with van der Waals surface area (Å²) in [6.07, 6.45) is 7.76. The summed E-state index contributed by atoms with van der Waals surface area (Å²) in [5.74, 6) is 0.746. The molecule has 0 spiro atoms. The molecule has 0 radical (unpaired) electrons. The molecule has 204 valence electrons. The second-order valence-corrected chi connectivity index (χ2v) is 11.9. The van der Waals surface area contributed by atoms with E-state index < -0.39 is 23.2 Å². The van der Waals surface area contributed by atoms with Gasteiger partial charge in [0.05, 0.1) is 17.7 Å². The van der Waals surface area contributed by atoms with Gasteiger partial charge in [0.2, 0.25) is 0 Å². The summed E-state index contributed by atoms with van der Waals surface area (Å²) in [7, 11) is 2.78. The number of carbonyl (C=O) groups excluding carboxylic acids is 1. The highest BCUT2D eigenvalue weighted by molar-refractivity contribution is 7.98. The largest absolute Gasteiger partial charge is 0.611 e. The molecule has 1 heterocycles. The second kappa shape index (κ2) is 14.3. The van der Waals surface area contributed by atoms with Crippen LogP contribution in [0.25, 0.3) is 0 Å². The van der Waals surface area contributed by atoms with Gasteiger partial charge in [0.1, 0.15) is 18.1 Å². The zero-order chi connectivity index (χ0) is 26.8. The molecule has 1 aliphatic heterocycles. The average Bonchev–Trinajstić information content (AvgIpc) is 3.05. The van der Waals surface area contributed by atoms with Crippen LogP contribution in [-0.2, 0) is 25.4 Å². The molecule has 0 bridgehead atoms. The Balaban J connectivity index is 2.08. The highest BCUT2D eigenvalue weighted by atomic mass is 32.2. The quantitative estimate of drug-likeness (QED) is 0.159. The molecule has 3 rings (SSSR count). The minimum atomic E-state index is -1.20. The molecule has 0 aliphatic carbocycles. The fourth-order valence-corrected chi connectivity index (χ4v) is 7.20. The van der Waals surface area contributed by atoms with E-state index in [1.165, 1.54) is 14.2 Å². The molecule has 0 saturated carbocycles. The average molecular weight is 548 g/mol. The molecule has 37 heavy (non-hydrogen) atoms. The number of hydrogen-bond acceptors (Lipinski definition) is 7. The first-order chi connectivity index (χ1) is 17.9. The van der Waals surface area contributed by atoms with Gasteiger partial charge in [-0.25, -0.2) is 4.79 Å². The maximum atomic E-state index is 14.0. The van der Waals surface area contributed by atoms with E-state index in [1.54, 1.807) is 11.8 Å². The molecule has 0 amide bonds. The number of carbonyl (C=O) groups is 1. The number of thioether (sulfide) groups is 1. The maximum Gasteiger partial charge on any atom is 0.338 e. The van der Waals surface area contributed by atoms with Crippen LogP contribution in [0, 0.1) is 5.41 Å². The predicted octanol–water partition coefficient (Wildman–Crippen LogP) is 6.60.